The first-order valence-corrected chi connectivity index (χ1v) is 7.07. The highest BCUT2D eigenvalue weighted by Gasteiger charge is 2.23. The molecule has 0 aliphatic carbocycles. The molecule has 0 saturated carbocycles. The molecule has 1 aromatic carbocycles. The van der Waals surface area contributed by atoms with Crippen molar-refractivity contribution in [1.29, 1.82) is 0 Å². The molecule has 0 atom stereocenters. The Balaban J connectivity index is 1.89. The molecule has 19 heavy (non-hydrogen) atoms. The lowest BCUT2D eigenvalue weighted by atomic mass is 10.0. The average molecular weight is 281 g/mol. The van der Waals surface area contributed by atoms with Gasteiger partial charge in [0, 0.05) is 25.2 Å². The average Bonchev–Trinajstić information content (AvgIpc) is 2.40. The van der Waals surface area contributed by atoms with Gasteiger partial charge < -0.3 is 15.3 Å². The minimum absolute atomic E-state index is 0.0532. The monoisotopic (exact) mass is 280 g/mol. The number of rotatable bonds is 1. The Kier molecular flexibility index (Phi) is 3.37. The van der Waals surface area contributed by atoms with Gasteiger partial charge in [0.05, 0.1) is 16.8 Å². The van der Waals surface area contributed by atoms with Gasteiger partial charge in [0.1, 0.15) is 0 Å². The maximum absolute atomic E-state index is 11.4. The first kappa shape index (κ1) is 12.8. The third kappa shape index (κ3) is 2.42. The van der Waals surface area contributed by atoms with Gasteiger partial charge in [-0.05, 0) is 37.0 Å². The van der Waals surface area contributed by atoms with E-state index in [9.17, 15) is 9.90 Å². The van der Waals surface area contributed by atoms with E-state index >= 15 is 0 Å². The van der Waals surface area contributed by atoms with Crippen LogP contribution in [-0.2, 0) is 11.2 Å². The number of hydrogen-bond acceptors (Lipinski definition) is 3. The molecule has 2 aliphatic rings. The molecular formula is C14H17ClN2O2. The number of amides is 1. The van der Waals surface area contributed by atoms with Crippen LogP contribution in [0.1, 0.15) is 24.8 Å². The van der Waals surface area contributed by atoms with Crippen LogP contribution < -0.4 is 10.2 Å². The van der Waals surface area contributed by atoms with E-state index in [-0.39, 0.29) is 12.0 Å². The van der Waals surface area contributed by atoms with Gasteiger partial charge in [-0.15, -0.1) is 0 Å². The topological polar surface area (TPSA) is 52.6 Å². The zero-order chi connectivity index (χ0) is 13.4. The van der Waals surface area contributed by atoms with E-state index < -0.39 is 0 Å². The van der Waals surface area contributed by atoms with E-state index in [1.54, 1.807) is 0 Å². The van der Waals surface area contributed by atoms with Crippen LogP contribution in [0, 0.1) is 0 Å². The minimum atomic E-state index is -0.188. The molecule has 102 valence electrons. The van der Waals surface area contributed by atoms with E-state index in [1.165, 1.54) is 0 Å². The zero-order valence-corrected chi connectivity index (χ0v) is 11.4. The van der Waals surface area contributed by atoms with E-state index in [1.807, 2.05) is 12.1 Å². The molecule has 2 aliphatic heterocycles. The summed E-state index contributed by atoms with van der Waals surface area (Å²) in [4.78, 5) is 13.6. The van der Waals surface area contributed by atoms with Crippen LogP contribution in [0.4, 0.5) is 11.4 Å². The van der Waals surface area contributed by atoms with Crippen LogP contribution in [0.2, 0.25) is 5.02 Å². The van der Waals surface area contributed by atoms with Crippen LogP contribution in [0.25, 0.3) is 0 Å². The smallest absolute Gasteiger partial charge is 0.224 e. The molecule has 0 bridgehead atoms. The lowest BCUT2D eigenvalue weighted by Gasteiger charge is -2.33. The molecule has 4 nitrogen and oxygen atoms in total. The summed E-state index contributed by atoms with van der Waals surface area (Å²) in [7, 11) is 0. The second-order valence-corrected chi connectivity index (χ2v) is 5.57. The van der Waals surface area contributed by atoms with Crippen molar-refractivity contribution in [2.45, 2.75) is 31.8 Å². The van der Waals surface area contributed by atoms with Crippen molar-refractivity contribution < 1.29 is 9.90 Å². The van der Waals surface area contributed by atoms with Crippen LogP contribution in [0.5, 0.6) is 0 Å². The summed E-state index contributed by atoms with van der Waals surface area (Å²) >= 11 is 6.49. The summed E-state index contributed by atoms with van der Waals surface area (Å²) in [5.74, 6) is 0.0532. The fourth-order valence-electron chi connectivity index (χ4n) is 2.77. The number of aliphatic hydroxyl groups excluding tert-OH is 1. The molecular weight excluding hydrogens is 264 g/mol. The molecule has 0 spiro atoms. The van der Waals surface area contributed by atoms with Gasteiger partial charge in [-0.2, -0.15) is 0 Å². The van der Waals surface area contributed by atoms with E-state index in [0.717, 1.165) is 47.9 Å². The van der Waals surface area contributed by atoms with Crippen molar-refractivity contribution in [3.05, 3.63) is 22.7 Å². The van der Waals surface area contributed by atoms with Crippen molar-refractivity contribution in [1.82, 2.24) is 0 Å². The predicted octanol–water partition coefficient (Wildman–Crippen LogP) is 2.19. The molecule has 2 heterocycles. The summed E-state index contributed by atoms with van der Waals surface area (Å²) in [5.41, 5.74) is 2.88. The molecule has 0 aromatic heterocycles. The second kappa shape index (κ2) is 5.02. The number of hydrogen-bond donors (Lipinski definition) is 2. The Bertz CT molecular complexity index is 510. The van der Waals surface area contributed by atoms with Crippen molar-refractivity contribution in [3.63, 3.8) is 0 Å². The number of aliphatic hydroxyl groups is 1. The van der Waals surface area contributed by atoms with Crippen LogP contribution in [-0.4, -0.2) is 30.2 Å². The lowest BCUT2D eigenvalue weighted by Crippen LogP contribution is -2.36. The molecule has 0 radical (unpaired) electrons. The molecule has 1 aromatic rings. The molecule has 5 heteroatoms. The summed E-state index contributed by atoms with van der Waals surface area (Å²) in [6, 6.07) is 3.89. The fraction of sp³-hybridized carbons (Fsp3) is 0.500. The number of carbonyl (C=O) groups excluding carboxylic acids is 1. The highest BCUT2D eigenvalue weighted by Crippen LogP contribution is 2.37. The number of carbonyl (C=O) groups is 1. The molecule has 1 fully saturated rings. The second-order valence-electron chi connectivity index (χ2n) is 5.19. The van der Waals surface area contributed by atoms with Gasteiger partial charge >= 0.3 is 0 Å². The van der Waals surface area contributed by atoms with E-state index in [0.29, 0.717) is 12.8 Å². The van der Waals surface area contributed by atoms with Crippen molar-refractivity contribution >= 4 is 28.9 Å². The first-order chi connectivity index (χ1) is 9.15. The third-order valence-electron chi connectivity index (χ3n) is 3.90. The van der Waals surface area contributed by atoms with Crippen molar-refractivity contribution in [2.75, 3.05) is 23.3 Å². The number of fused-ring (bicyclic) bond motifs is 1. The van der Waals surface area contributed by atoms with Crippen molar-refractivity contribution in [3.8, 4) is 0 Å². The normalized spacial score (nSPS) is 20.1. The number of nitrogens with zero attached hydrogens (tertiary/aromatic N) is 1. The molecule has 1 saturated heterocycles. The summed E-state index contributed by atoms with van der Waals surface area (Å²) < 4.78 is 0. The van der Waals surface area contributed by atoms with Gasteiger partial charge in [-0.3, -0.25) is 4.79 Å². The largest absolute Gasteiger partial charge is 0.393 e. The third-order valence-corrected chi connectivity index (χ3v) is 4.33. The van der Waals surface area contributed by atoms with Crippen LogP contribution in [0.3, 0.4) is 0 Å². The maximum atomic E-state index is 11.4. The Labute approximate surface area is 117 Å². The zero-order valence-electron chi connectivity index (χ0n) is 10.7. The number of halogens is 1. The maximum Gasteiger partial charge on any atom is 0.224 e. The summed E-state index contributed by atoms with van der Waals surface area (Å²) in [5, 5.41) is 13.2. The number of nitrogens with one attached hydrogen (secondary N) is 1. The van der Waals surface area contributed by atoms with Crippen LogP contribution >= 0.6 is 11.6 Å². The molecule has 0 unspecified atom stereocenters. The SMILES string of the molecule is O=C1CCc2c(ccc(N3CCC(O)CC3)c2Cl)N1. The van der Waals surface area contributed by atoms with Gasteiger partial charge in [0.2, 0.25) is 5.91 Å². The first-order valence-electron chi connectivity index (χ1n) is 6.69. The highest BCUT2D eigenvalue weighted by atomic mass is 35.5. The van der Waals surface area contributed by atoms with Gasteiger partial charge in [0.25, 0.3) is 0 Å². The Hall–Kier alpha value is -1.26. The van der Waals surface area contributed by atoms with Crippen LogP contribution in [0.15, 0.2) is 12.1 Å². The van der Waals surface area contributed by atoms with E-state index in [2.05, 4.69) is 10.2 Å². The summed E-state index contributed by atoms with van der Waals surface area (Å²) in [6.07, 6.45) is 2.57. The van der Waals surface area contributed by atoms with Gasteiger partial charge in [0.15, 0.2) is 0 Å². The minimum Gasteiger partial charge on any atom is -0.393 e. The Morgan fingerprint density at radius 1 is 1.26 bits per heavy atom. The van der Waals surface area contributed by atoms with E-state index in [4.69, 9.17) is 11.6 Å². The quantitative estimate of drug-likeness (QED) is 0.829. The predicted molar refractivity (Wildman–Crippen MR) is 75.9 cm³/mol. The standard InChI is InChI=1S/C14H17ClN2O2/c15-14-10-1-4-13(19)16-11(10)2-3-12(14)17-7-5-9(18)6-8-17/h2-3,9,18H,1,4-8H2,(H,16,19). The fourth-order valence-corrected chi connectivity index (χ4v) is 3.15. The Morgan fingerprint density at radius 2 is 2.00 bits per heavy atom. The van der Waals surface area contributed by atoms with Crippen molar-refractivity contribution in [2.24, 2.45) is 0 Å². The summed E-state index contributed by atoms with van der Waals surface area (Å²) in [6.45, 7) is 1.65. The number of benzene rings is 1. The number of anilines is 2. The Morgan fingerprint density at radius 3 is 2.74 bits per heavy atom. The molecule has 3 rings (SSSR count). The lowest BCUT2D eigenvalue weighted by molar-refractivity contribution is -0.116. The van der Waals surface area contributed by atoms with Gasteiger partial charge in [-0.1, -0.05) is 11.6 Å². The molecule has 2 N–H and O–H groups in total. The van der Waals surface area contributed by atoms with Gasteiger partial charge in [-0.25, -0.2) is 0 Å². The number of piperidine rings is 1. The molecule has 1 amide bonds. The highest BCUT2D eigenvalue weighted by molar-refractivity contribution is 6.34.